The third-order valence-corrected chi connectivity index (χ3v) is 4.40. The van der Waals surface area contributed by atoms with E-state index in [0.717, 1.165) is 18.6 Å². The highest BCUT2D eigenvalue weighted by molar-refractivity contribution is 9.10. The average Bonchev–Trinajstić information content (AvgIpc) is 2.73. The summed E-state index contributed by atoms with van der Waals surface area (Å²) in [4.78, 5) is 30.0. The first-order chi connectivity index (χ1) is 9.91. The molecule has 0 atom stereocenters. The van der Waals surface area contributed by atoms with Gasteiger partial charge in [0.05, 0.1) is 0 Å². The van der Waals surface area contributed by atoms with Crippen LogP contribution in [0.1, 0.15) is 12.8 Å². The number of halogens is 2. The number of rotatable bonds is 5. The van der Waals surface area contributed by atoms with Crippen molar-refractivity contribution in [1.82, 2.24) is 19.1 Å². The number of unbranched alkanes of at least 4 members (excludes halogenated alkanes) is 1. The quantitative estimate of drug-likeness (QED) is 0.293. The Hall–Kier alpha value is -1.26. The molecule has 2 rings (SSSR count). The molecule has 0 aliphatic rings. The van der Waals surface area contributed by atoms with Crippen LogP contribution in [0.25, 0.3) is 11.2 Å². The molecule has 0 fully saturated rings. The summed E-state index contributed by atoms with van der Waals surface area (Å²) < 4.78 is 3.57. The van der Waals surface area contributed by atoms with E-state index in [1.807, 2.05) is 0 Å². The van der Waals surface area contributed by atoms with Crippen molar-refractivity contribution in [2.45, 2.75) is 19.4 Å². The summed E-state index contributed by atoms with van der Waals surface area (Å²) in [7, 11) is 1.56. The molecule has 11 heteroatoms. The first-order valence-corrected chi connectivity index (χ1v) is 8.01. The minimum absolute atomic E-state index is 0. The van der Waals surface area contributed by atoms with Crippen LogP contribution in [0.3, 0.4) is 0 Å². The zero-order valence-corrected chi connectivity index (χ0v) is 15.0. The number of aromatic amines is 1. The van der Waals surface area contributed by atoms with E-state index in [0.29, 0.717) is 22.4 Å². The molecule has 8 nitrogen and oxygen atoms in total. The first kappa shape index (κ1) is 18.8. The standard InChI is InChI=1S/C11H15BrN6O2S.ClH/c1-17-7-6(8(19)16-11(17)20)18(9(12)15-7)4-2-3-5-21-10(13)14;/h2-5H2,1H3,(H3,13,14)(H,16,19,20);1H. The highest BCUT2D eigenvalue weighted by Crippen LogP contribution is 2.17. The lowest BCUT2D eigenvalue weighted by molar-refractivity contribution is 0.636. The van der Waals surface area contributed by atoms with Crippen molar-refractivity contribution in [2.24, 2.45) is 12.8 Å². The SMILES string of the molecule is Cl.Cn1c(=O)[nH]c(=O)c2c1nc(Br)n2CCCCSC(=N)N. The molecule has 0 aliphatic heterocycles. The van der Waals surface area contributed by atoms with Gasteiger partial charge in [0, 0.05) is 19.3 Å². The van der Waals surface area contributed by atoms with Crippen molar-refractivity contribution >= 4 is 56.4 Å². The largest absolute Gasteiger partial charge is 0.379 e. The average molecular weight is 412 g/mol. The van der Waals surface area contributed by atoms with E-state index < -0.39 is 11.2 Å². The molecule has 0 saturated heterocycles. The van der Waals surface area contributed by atoms with E-state index >= 15 is 0 Å². The van der Waals surface area contributed by atoms with Crippen molar-refractivity contribution in [3.63, 3.8) is 0 Å². The highest BCUT2D eigenvalue weighted by atomic mass is 79.9. The Labute approximate surface area is 144 Å². The number of nitrogens with zero attached hydrogens (tertiary/aromatic N) is 3. The van der Waals surface area contributed by atoms with Crippen LogP contribution in [-0.2, 0) is 13.6 Å². The number of nitrogens with one attached hydrogen (secondary N) is 2. The molecule has 0 radical (unpaired) electrons. The summed E-state index contributed by atoms with van der Waals surface area (Å²) >= 11 is 4.61. The predicted octanol–water partition coefficient (Wildman–Crippen LogP) is 1.01. The van der Waals surface area contributed by atoms with Gasteiger partial charge in [0.1, 0.15) is 0 Å². The fourth-order valence-corrected chi connectivity index (χ4v) is 3.06. The van der Waals surface area contributed by atoms with Gasteiger partial charge in [-0.05, 0) is 28.8 Å². The first-order valence-electron chi connectivity index (χ1n) is 6.23. The lowest BCUT2D eigenvalue weighted by Crippen LogP contribution is -2.29. The molecule has 4 N–H and O–H groups in total. The van der Waals surface area contributed by atoms with Crippen molar-refractivity contribution in [3.8, 4) is 0 Å². The Morgan fingerprint density at radius 3 is 2.77 bits per heavy atom. The number of thioether (sulfide) groups is 1. The molecule has 0 bridgehead atoms. The van der Waals surface area contributed by atoms with Gasteiger partial charge < -0.3 is 10.3 Å². The van der Waals surface area contributed by atoms with Crippen LogP contribution in [0.2, 0.25) is 0 Å². The minimum Gasteiger partial charge on any atom is -0.379 e. The fraction of sp³-hybridized carbons (Fsp3) is 0.455. The minimum atomic E-state index is -0.484. The molecule has 2 aromatic heterocycles. The number of nitrogens with two attached hydrogens (primary N) is 1. The van der Waals surface area contributed by atoms with Gasteiger partial charge in [0.15, 0.2) is 21.1 Å². The van der Waals surface area contributed by atoms with Gasteiger partial charge in [-0.3, -0.25) is 19.8 Å². The maximum atomic E-state index is 12.0. The number of H-pyrrole nitrogens is 1. The van der Waals surface area contributed by atoms with Crippen LogP contribution in [0, 0.1) is 5.41 Å². The molecular formula is C11H16BrClN6O2S. The maximum Gasteiger partial charge on any atom is 0.329 e. The molecule has 0 saturated carbocycles. The summed E-state index contributed by atoms with van der Waals surface area (Å²) in [5.74, 6) is 0.758. The van der Waals surface area contributed by atoms with Crippen molar-refractivity contribution in [2.75, 3.05) is 5.75 Å². The second-order valence-corrected chi connectivity index (χ2v) is 6.29. The third kappa shape index (κ3) is 3.93. The summed E-state index contributed by atoms with van der Waals surface area (Å²) in [6, 6.07) is 0. The van der Waals surface area contributed by atoms with Crippen LogP contribution in [-0.4, -0.2) is 30.0 Å². The molecule has 0 spiro atoms. The Balaban J connectivity index is 0.00000242. The molecule has 0 aromatic carbocycles. The molecule has 2 aromatic rings. The Bertz CT molecular complexity index is 798. The van der Waals surface area contributed by atoms with Crippen molar-refractivity contribution in [1.29, 1.82) is 5.41 Å². The molecule has 122 valence electrons. The molecule has 0 amide bonds. The van der Waals surface area contributed by atoms with Crippen LogP contribution in [0.4, 0.5) is 0 Å². The summed E-state index contributed by atoms with van der Waals surface area (Å²) in [6.45, 7) is 0.594. The summed E-state index contributed by atoms with van der Waals surface area (Å²) in [6.07, 6.45) is 1.67. The van der Waals surface area contributed by atoms with Crippen LogP contribution < -0.4 is 17.0 Å². The lowest BCUT2D eigenvalue weighted by Gasteiger charge is -2.05. The fourth-order valence-electron chi connectivity index (χ4n) is 1.97. The van der Waals surface area contributed by atoms with Gasteiger partial charge in [-0.15, -0.1) is 12.4 Å². The van der Waals surface area contributed by atoms with Gasteiger partial charge in [0.25, 0.3) is 5.56 Å². The molecule has 2 heterocycles. The van der Waals surface area contributed by atoms with E-state index in [9.17, 15) is 9.59 Å². The van der Waals surface area contributed by atoms with Crippen molar-refractivity contribution < 1.29 is 0 Å². The number of aromatic nitrogens is 4. The number of aryl methyl sites for hydroxylation is 2. The monoisotopic (exact) mass is 410 g/mol. The molecule has 22 heavy (non-hydrogen) atoms. The topological polar surface area (TPSA) is 123 Å². The summed E-state index contributed by atoms with van der Waals surface area (Å²) in [5.41, 5.74) is 5.07. The number of imidazole rings is 1. The maximum absolute atomic E-state index is 12.0. The Morgan fingerprint density at radius 1 is 1.45 bits per heavy atom. The Morgan fingerprint density at radius 2 is 2.14 bits per heavy atom. The summed E-state index contributed by atoms with van der Waals surface area (Å²) in [5, 5.41) is 7.23. The third-order valence-electron chi connectivity index (χ3n) is 2.99. The van der Waals surface area contributed by atoms with Gasteiger partial charge in [0.2, 0.25) is 0 Å². The zero-order chi connectivity index (χ0) is 15.6. The highest BCUT2D eigenvalue weighted by Gasteiger charge is 2.15. The van der Waals surface area contributed by atoms with E-state index in [-0.39, 0.29) is 17.6 Å². The lowest BCUT2D eigenvalue weighted by atomic mass is 10.3. The molecule has 0 aliphatic carbocycles. The number of hydrogen-bond donors (Lipinski definition) is 3. The van der Waals surface area contributed by atoms with E-state index in [2.05, 4.69) is 25.9 Å². The second-order valence-electron chi connectivity index (χ2n) is 4.44. The van der Waals surface area contributed by atoms with Crippen LogP contribution >= 0.6 is 40.1 Å². The van der Waals surface area contributed by atoms with Crippen LogP contribution in [0.5, 0.6) is 0 Å². The van der Waals surface area contributed by atoms with E-state index in [4.69, 9.17) is 11.1 Å². The number of fused-ring (bicyclic) bond motifs is 1. The number of amidine groups is 1. The second kappa shape index (κ2) is 7.84. The Kier molecular flexibility index (Phi) is 6.69. The predicted molar refractivity (Wildman–Crippen MR) is 94.1 cm³/mol. The van der Waals surface area contributed by atoms with E-state index in [1.54, 1.807) is 11.6 Å². The molecule has 0 unspecified atom stereocenters. The molecular weight excluding hydrogens is 396 g/mol. The van der Waals surface area contributed by atoms with Gasteiger partial charge in [-0.25, -0.2) is 9.78 Å². The van der Waals surface area contributed by atoms with Crippen molar-refractivity contribution in [3.05, 3.63) is 25.6 Å². The number of hydrogen-bond acceptors (Lipinski definition) is 5. The smallest absolute Gasteiger partial charge is 0.329 e. The normalized spacial score (nSPS) is 10.6. The van der Waals surface area contributed by atoms with E-state index in [1.165, 1.54) is 16.3 Å². The van der Waals surface area contributed by atoms with Gasteiger partial charge in [-0.1, -0.05) is 11.8 Å². The van der Waals surface area contributed by atoms with Crippen LogP contribution in [0.15, 0.2) is 14.3 Å². The zero-order valence-electron chi connectivity index (χ0n) is 11.8. The van der Waals surface area contributed by atoms with Gasteiger partial charge >= 0.3 is 5.69 Å². The van der Waals surface area contributed by atoms with Gasteiger partial charge in [-0.2, -0.15) is 0 Å².